The van der Waals surface area contributed by atoms with Crippen LogP contribution in [0.2, 0.25) is 0 Å². The summed E-state index contributed by atoms with van der Waals surface area (Å²) >= 11 is 0. The number of carbonyl (C=O) groups is 3. The quantitative estimate of drug-likeness (QED) is 0.807. The van der Waals surface area contributed by atoms with Crippen LogP contribution >= 0.6 is 0 Å². The zero-order valence-corrected chi connectivity index (χ0v) is 14.2. The number of para-hydroxylation sites is 1. The van der Waals surface area contributed by atoms with Gasteiger partial charge in [0.25, 0.3) is 0 Å². The van der Waals surface area contributed by atoms with Crippen LogP contribution in [0.3, 0.4) is 0 Å². The second kappa shape index (κ2) is 8.24. The number of nitrogens with one attached hydrogen (secondary N) is 2. The molecule has 2 heterocycles. The normalized spacial score (nSPS) is 16.4. The fourth-order valence-electron chi connectivity index (χ4n) is 2.82. The Hall–Kier alpha value is -3.22. The van der Waals surface area contributed by atoms with Crippen LogP contribution in [0.1, 0.15) is 12.0 Å². The molecule has 1 aromatic heterocycles. The molecular formula is C19H20N4O3. The van der Waals surface area contributed by atoms with E-state index >= 15 is 0 Å². The van der Waals surface area contributed by atoms with Crippen LogP contribution in [0.4, 0.5) is 5.69 Å². The fraction of sp³-hybridized carbons (Fsp3) is 0.263. The van der Waals surface area contributed by atoms with E-state index in [4.69, 9.17) is 0 Å². The van der Waals surface area contributed by atoms with Crippen molar-refractivity contribution in [2.75, 3.05) is 18.0 Å². The zero-order chi connectivity index (χ0) is 18.4. The van der Waals surface area contributed by atoms with E-state index in [2.05, 4.69) is 15.6 Å². The molecule has 1 unspecified atom stereocenters. The summed E-state index contributed by atoms with van der Waals surface area (Å²) in [7, 11) is 0. The van der Waals surface area contributed by atoms with Gasteiger partial charge >= 0.3 is 0 Å². The maximum atomic E-state index is 12.3. The van der Waals surface area contributed by atoms with Gasteiger partial charge in [-0.05, 0) is 23.8 Å². The molecule has 1 fully saturated rings. The molecule has 2 N–H and O–H groups in total. The molecule has 26 heavy (non-hydrogen) atoms. The minimum atomic E-state index is -0.450. The molecule has 3 rings (SSSR count). The number of rotatable bonds is 6. The molecule has 7 nitrogen and oxygen atoms in total. The average molecular weight is 352 g/mol. The van der Waals surface area contributed by atoms with Crippen LogP contribution in [-0.2, 0) is 20.9 Å². The van der Waals surface area contributed by atoms with Gasteiger partial charge in [-0.2, -0.15) is 0 Å². The Balaban J connectivity index is 1.45. The first-order valence-corrected chi connectivity index (χ1v) is 8.42. The Morgan fingerprint density at radius 3 is 2.65 bits per heavy atom. The molecule has 1 atom stereocenters. The molecule has 0 aliphatic carbocycles. The summed E-state index contributed by atoms with van der Waals surface area (Å²) in [5.74, 6) is -1.11. The first-order valence-electron chi connectivity index (χ1n) is 8.42. The van der Waals surface area contributed by atoms with Crippen molar-refractivity contribution in [1.82, 2.24) is 15.6 Å². The number of nitrogens with zero attached hydrogens (tertiary/aromatic N) is 2. The Morgan fingerprint density at radius 2 is 1.92 bits per heavy atom. The minimum Gasteiger partial charge on any atom is -0.350 e. The van der Waals surface area contributed by atoms with Crippen LogP contribution < -0.4 is 15.5 Å². The minimum absolute atomic E-state index is 0.0858. The number of benzene rings is 1. The smallest absolute Gasteiger partial charge is 0.239 e. The van der Waals surface area contributed by atoms with E-state index in [1.165, 1.54) is 0 Å². The fourth-order valence-corrected chi connectivity index (χ4v) is 2.82. The second-order valence-corrected chi connectivity index (χ2v) is 6.10. The summed E-state index contributed by atoms with van der Waals surface area (Å²) < 4.78 is 0. The highest BCUT2D eigenvalue weighted by molar-refractivity contribution is 6.00. The van der Waals surface area contributed by atoms with Crippen molar-refractivity contribution in [2.24, 2.45) is 5.92 Å². The van der Waals surface area contributed by atoms with E-state index in [9.17, 15) is 14.4 Å². The molecule has 0 spiro atoms. The molecule has 3 amide bonds. The number of pyridine rings is 1. The van der Waals surface area contributed by atoms with Gasteiger partial charge in [0.1, 0.15) is 0 Å². The van der Waals surface area contributed by atoms with Crippen molar-refractivity contribution < 1.29 is 14.4 Å². The van der Waals surface area contributed by atoms with Crippen molar-refractivity contribution in [1.29, 1.82) is 0 Å². The maximum absolute atomic E-state index is 12.3. The maximum Gasteiger partial charge on any atom is 0.239 e. The molecular weight excluding hydrogens is 332 g/mol. The third-order valence-corrected chi connectivity index (χ3v) is 4.20. The molecule has 7 heteroatoms. The van der Waals surface area contributed by atoms with Gasteiger partial charge in [0, 0.05) is 37.6 Å². The Labute approximate surface area is 151 Å². The van der Waals surface area contributed by atoms with Gasteiger partial charge < -0.3 is 15.5 Å². The molecule has 1 aliphatic heterocycles. The summed E-state index contributed by atoms with van der Waals surface area (Å²) in [5.41, 5.74) is 1.66. The van der Waals surface area contributed by atoms with Crippen LogP contribution in [0.25, 0.3) is 0 Å². The summed E-state index contributed by atoms with van der Waals surface area (Å²) in [6, 6.07) is 12.9. The summed E-state index contributed by atoms with van der Waals surface area (Å²) in [5, 5.41) is 5.33. The molecule has 0 bridgehead atoms. The van der Waals surface area contributed by atoms with Crippen molar-refractivity contribution in [2.45, 2.75) is 13.0 Å². The topological polar surface area (TPSA) is 91.4 Å². The second-order valence-electron chi connectivity index (χ2n) is 6.10. The Kier molecular flexibility index (Phi) is 5.58. The number of aromatic nitrogens is 1. The van der Waals surface area contributed by atoms with Crippen LogP contribution in [-0.4, -0.2) is 35.8 Å². The van der Waals surface area contributed by atoms with Crippen molar-refractivity contribution in [3.63, 3.8) is 0 Å². The van der Waals surface area contributed by atoms with Gasteiger partial charge in [-0.3, -0.25) is 19.4 Å². The Morgan fingerprint density at radius 1 is 1.12 bits per heavy atom. The van der Waals surface area contributed by atoms with Gasteiger partial charge in [-0.15, -0.1) is 0 Å². The largest absolute Gasteiger partial charge is 0.350 e. The van der Waals surface area contributed by atoms with E-state index in [0.29, 0.717) is 13.1 Å². The first-order chi connectivity index (χ1) is 12.6. The van der Waals surface area contributed by atoms with E-state index < -0.39 is 5.92 Å². The lowest BCUT2D eigenvalue weighted by Crippen LogP contribution is -2.40. The van der Waals surface area contributed by atoms with Gasteiger partial charge in [-0.25, -0.2) is 0 Å². The number of hydrogen-bond donors (Lipinski definition) is 2. The lowest BCUT2D eigenvalue weighted by molar-refractivity contribution is -0.129. The molecule has 2 aromatic rings. The summed E-state index contributed by atoms with van der Waals surface area (Å²) in [6.07, 6.45) is 3.48. The standard InChI is InChI=1S/C19H20N4O3/c24-17(21-11-14-5-4-8-20-10-14)12-22-19(26)15-9-18(25)23(13-15)16-6-2-1-3-7-16/h1-8,10,15H,9,11-13H2,(H,21,24)(H,22,26). The SMILES string of the molecule is O=C(CNC(=O)C1CC(=O)N(c2ccccc2)C1)NCc1cccnc1. The number of carbonyl (C=O) groups excluding carboxylic acids is 3. The molecule has 0 saturated carbocycles. The van der Waals surface area contributed by atoms with Crippen LogP contribution in [0.5, 0.6) is 0 Å². The number of anilines is 1. The molecule has 1 aromatic carbocycles. The van der Waals surface area contributed by atoms with Gasteiger partial charge in [0.15, 0.2) is 0 Å². The van der Waals surface area contributed by atoms with E-state index in [0.717, 1.165) is 11.3 Å². The van der Waals surface area contributed by atoms with Gasteiger partial charge in [-0.1, -0.05) is 24.3 Å². The average Bonchev–Trinajstić information content (AvgIpc) is 3.08. The lowest BCUT2D eigenvalue weighted by atomic mass is 10.1. The van der Waals surface area contributed by atoms with Crippen molar-refractivity contribution in [3.8, 4) is 0 Å². The van der Waals surface area contributed by atoms with Crippen molar-refractivity contribution >= 4 is 23.4 Å². The first kappa shape index (κ1) is 17.6. The summed E-state index contributed by atoms with van der Waals surface area (Å²) in [6.45, 7) is 0.563. The predicted molar refractivity (Wildman–Crippen MR) is 96.0 cm³/mol. The monoisotopic (exact) mass is 352 g/mol. The molecule has 0 radical (unpaired) electrons. The third kappa shape index (κ3) is 4.44. The highest BCUT2D eigenvalue weighted by Gasteiger charge is 2.35. The third-order valence-electron chi connectivity index (χ3n) is 4.20. The van der Waals surface area contributed by atoms with Crippen molar-refractivity contribution in [3.05, 3.63) is 60.4 Å². The highest BCUT2D eigenvalue weighted by Crippen LogP contribution is 2.24. The Bertz CT molecular complexity index is 780. The summed E-state index contributed by atoms with van der Waals surface area (Å²) in [4.78, 5) is 41.9. The lowest BCUT2D eigenvalue weighted by Gasteiger charge is -2.16. The zero-order valence-electron chi connectivity index (χ0n) is 14.2. The highest BCUT2D eigenvalue weighted by atomic mass is 16.2. The predicted octanol–water partition coefficient (Wildman–Crippen LogP) is 0.867. The van der Waals surface area contributed by atoms with E-state index in [1.54, 1.807) is 23.4 Å². The molecule has 134 valence electrons. The van der Waals surface area contributed by atoms with Crippen LogP contribution in [0.15, 0.2) is 54.9 Å². The van der Waals surface area contributed by atoms with Crippen LogP contribution in [0, 0.1) is 5.92 Å². The van der Waals surface area contributed by atoms with E-state index in [-0.39, 0.29) is 30.7 Å². The van der Waals surface area contributed by atoms with Gasteiger partial charge in [0.05, 0.1) is 12.5 Å². The number of amides is 3. The van der Waals surface area contributed by atoms with Gasteiger partial charge in [0.2, 0.25) is 17.7 Å². The van der Waals surface area contributed by atoms with E-state index in [1.807, 2.05) is 36.4 Å². The molecule has 1 saturated heterocycles. The number of hydrogen-bond acceptors (Lipinski definition) is 4. The molecule has 1 aliphatic rings.